The number of halogens is 4. The number of ether oxygens (including phenoxy) is 2. The molecular weight excluding hydrogens is 359 g/mol. The van der Waals surface area contributed by atoms with Gasteiger partial charge in [0.05, 0.1) is 18.7 Å². The minimum absolute atomic E-state index is 0.0266. The Balaban J connectivity index is 3.19. The van der Waals surface area contributed by atoms with E-state index in [2.05, 4.69) is 5.32 Å². The van der Waals surface area contributed by atoms with E-state index in [1.807, 2.05) is 6.92 Å². The Bertz CT molecular complexity index is 602. The zero-order chi connectivity index (χ0) is 19.3. The van der Waals surface area contributed by atoms with Gasteiger partial charge in [0.1, 0.15) is 5.54 Å². The molecule has 1 N–H and O–H groups in total. The van der Waals surface area contributed by atoms with Crippen LogP contribution >= 0.6 is 11.6 Å². The molecule has 1 aromatic carbocycles. The van der Waals surface area contributed by atoms with Crippen LogP contribution in [0.4, 0.5) is 13.2 Å². The van der Waals surface area contributed by atoms with E-state index in [-0.39, 0.29) is 34.9 Å². The fourth-order valence-electron chi connectivity index (χ4n) is 2.38. The molecule has 4 nitrogen and oxygen atoms in total. The number of alkyl halides is 3. The predicted octanol–water partition coefficient (Wildman–Crippen LogP) is 4.99. The summed E-state index contributed by atoms with van der Waals surface area (Å²) in [5.41, 5.74) is -2.32. The molecule has 0 aliphatic carbocycles. The maximum atomic E-state index is 13.4. The Morgan fingerprint density at radius 2 is 1.80 bits per heavy atom. The Hall–Kier alpha value is -1.63. The summed E-state index contributed by atoms with van der Waals surface area (Å²) in [7, 11) is 1.37. The molecule has 0 aliphatic rings. The van der Waals surface area contributed by atoms with Gasteiger partial charge in [0, 0.05) is 5.56 Å². The number of carbonyl (C=O) groups is 1. The summed E-state index contributed by atoms with van der Waals surface area (Å²) in [6.45, 7) is 5.07. The lowest BCUT2D eigenvalue weighted by molar-refractivity contribution is -0.195. The van der Waals surface area contributed by atoms with Crippen molar-refractivity contribution >= 4 is 17.5 Å². The quantitative estimate of drug-likeness (QED) is 0.690. The molecule has 0 atom stereocenters. The second-order valence-corrected chi connectivity index (χ2v) is 5.99. The Kier molecular flexibility index (Phi) is 7.41. The van der Waals surface area contributed by atoms with E-state index in [1.165, 1.54) is 33.1 Å². The Morgan fingerprint density at radius 3 is 2.24 bits per heavy atom. The van der Waals surface area contributed by atoms with Crippen molar-refractivity contribution in [2.24, 2.45) is 0 Å². The van der Waals surface area contributed by atoms with Crippen molar-refractivity contribution in [1.29, 1.82) is 0 Å². The third-order valence-electron chi connectivity index (χ3n) is 4.04. The molecule has 0 spiro atoms. The zero-order valence-corrected chi connectivity index (χ0v) is 15.5. The third kappa shape index (κ3) is 4.71. The maximum Gasteiger partial charge on any atom is 0.411 e. The van der Waals surface area contributed by atoms with Crippen molar-refractivity contribution in [3.63, 3.8) is 0 Å². The number of methoxy groups -OCH3 is 1. The fourth-order valence-corrected chi connectivity index (χ4v) is 2.65. The summed E-state index contributed by atoms with van der Waals surface area (Å²) < 4.78 is 50.8. The van der Waals surface area contributed by atoms with Crippen LogP contribution in [0.3, 0.4) is 0 Å². The average Bonchev–Trinajstić information content (AvgIpc) is 2.56. The van der Waals surface area contributed by atoms with Crippen LogP contribution in [-0.2, 0) is 0 Å². The van der Waals surface area contributed by atoms with Crippen LogP contribution in [0.25, 0.3) is 0 Å². The van der Waals surface area contributed by atoms with Crippen LogP contribution < -0.4 is 14.8 Å². The van der Waals surface area contributed by atoms with Crippen LogP contribution in [0.2, 0.25) is 5.02 Å². The first-order valence-electron chi connectivity index (χ1n) is 8.05. The molecule has 1 rings (SSSR count). The molecule has 142 valence electrons. The maximum absolute atomic E-state index is 13.4. The third-order valence-corrected chi connectivity index (χ3v) is 4.33. The largest absolute Gasteiger partial charge is 0.493 e. The van der Waals surface area contributed by atoms with Gasteiger partial charge in [-0.15, -0.1) is 0 Å². The van der Waals surface area contributed by atoms with Gasteiger partial charge in [0.15, 0.2) is 11.5 Å². The van der Waals surface area contributed by atoms with Gasteiger partial charge in [-0.05, 0) is 31.4 Å². The van der Waals surface area contributed by atoms with Crippen molar-refractivity contribution in [2.45, 2.75) is 51.7 Å². The number of carbonyl (C=O) groups excluding carboxylic acids is 1. The van der Waals surface area contributed by atoms with Crippen molar-refractivity contribution in [3.8, 4) is 11.5 Å². The zero-order valence-electron chi connectivity index (χ0n) is 14.7. The van der Waals surface area contributed by atoms with Crippen molar-refractivity contribution in [3.05, 3.63) is 22.7 Å². The van der Waals surface area contributed by atoms with E-state index in [1.54, 1.807) is 0 Å². The first kappa shape index (κ1) is 21.4. The first-order valence-corrected chi connectivity index (χ1v) is 8.43. The molecule has 0 unspecified atom stereocenters. The summed E-state index contributed by atoms with van der Waals surface area (Å²) in [4.78, 5) is 12.4. The first-order chi connectivity index (χ1) is 11.7. The Morgan fingerprint density at radius 1 is 1.20 bits per heavy atom. The van der Waals surface area contributed by atoms with Gasteiger partial charge < -0.3 is 14.8 Å². The summed E-state index contributed by atoms with van der Waals surface area (Å²) >= 11 is 6.11. The number of nitrogens with one attached hydrogen (secondary N) is 1. The fraction of sp³-hybridized carbons (Fsp3) is 0.588. The normalized spacial score (nSPS) is 12.0. The number of benzene rings is 1. The van der Waals surface area contributed by atoms with Crippen LogP contribution in [0.15, 0.2) is 12.1 Å². The van der Waals surface area contributed by atoms with E-state index in [4.69, 9.17) is 21.1 Å². The molecule has 0 saturated heterocycles. The van der Waals surface area contributed by atoms with Crippen LogP contribution in [0.5, 0.6) is 11.5 Å². The van der Waals surface area contributed by atoms with Crippen molar-refractivity contribution < 1.29 is 27.4 Å². The second kappa shape index (κ2) is 8.65. The molecule has 0 bridgehead atoms. The topological polar surface area (TPSA) is 47.6 Å². The predicted molar refractivity (Wildman–Crippen MR) is 90.6 cm³/mol. The molecule has 0 radical (unpaired) electrons. The molecular formula is C17H23ClF3NO3. The molecule has 0 aromatic heterocycles. The molecule has 0 aliphatic heterocycles. The summed E-state index contributed by atoms with van der Waals surface area (Å²) in [6, 6.07) is 2.59. The highest BCUT2D eigenvalue weighted by Crippen LogP contribution is 2.38. The molecule has 1 amide bonds. The lowest BCUT2D eigenvalue weighted by atomic mass is 9.91. The van der Waals surface area contributed by atoms with E-state index in [0.29, 0.717) is 6.61 Å². The number of rotatable bonds is 8. The molecule has 8 heteroatoms. The lowest BCUT2D eigenvalue weighted by Crippen LogP contribution is -2.58. The van der Waals surface area contributed by atoms with E-state index in [0.717, 1.165) is 6.42 Å². The highest BCUT2D eigenvalue weighted by atomic mass is 35.5. The summed E-state index contributed by atoms with van der Waals surface area (Å²) in [5, 5.41) is 2.21. The minimum Gasteiger partial charge on any atom is -0.493 e. The highest BCUT2D eigenvalue weighted by Gasteiger charge is 2.53. The molecule has 25 heavy (non-hydrogen) atoms. The summed E-state index contributed by atoms with van der Waals surface area (Å²) in [6.07, 6.45) is -4.38. The Labute approximate surface area is 150 Å². The number of amides is 1. The highest BCUT2D eigenvalue weighted by molar-refractivity contribution is 6.32. The van der Waals surface area contributed by atoms with Gasteiger partial charge in [0.25, 0.3) is 5.91 Å². The monoisotopic (exact) mass is 381 g/mol. The van der Waals surface area contributed by atoms with Gasteiger partial charge in [0.2, 0.25) is 0 Å². The SMILES string of the molecule is CCCOc1c(Cl)cc(C(=O)NC(CC)(CC)C(F)(F)F)cc1OC. The van der Waals surface area contributed by atoms with Crippen molar-refractivity contribution in [1.82, 2.24) is 5.32 Å². The van der Waals surface area contributed by atoms with E-state index in [9.17, 15) is 18.0 Å². The van der Waals surface area contributed by atoms with Gasteiger partial charge in [-0.2, -0.15) is 13.2 Å². The van der Waals surface area contributed by atoms with Crippen LogP contribution in [0, 0.1) is 0 Å². The molecule has 1 aromatic rings. The standard InChI is InChI=1S/C17H23ClF3NO3/c1-5-8-25-14-12(18)9-11(10-13(14)24-4)15(23)22-16(6-2,7-3)17(19,20)21/h9-10H,5-8H2,1-4H3,(H,22,23). The van der Waals surface area contributed by atoms with E-state index < -0.39 is 17.6 Å². The van der Waals surface area contributed by atoms with Gasteiger partial charge in [-0.1, -0.05) is 32.4 Å². The number of hydrogen-bond acceptors (Lipinski definition) is 3. The number of hydrogen-bond donors (Lipinski definition) is 1. The van der Waals surface area contributed by atoms with Gasteiger partial charge in [-0.3, -0.25) is 4.79 Å². The minimum atomic E-state index is -4.57. The molecule has 0 heterocycles. The van der Waals surface area contributed by atoms with Gasteiger partial charge >= 0.3 is 6.18 Å². The van der Waals surface area contributed by atoms with E-state index >= 15 is 0 Å². The van der Waals surface area contributed by atoms with Crippen molar-refractivity contribution in [2.75, 3.05) is 13.7 Å². The van der Waals surface area contributed by atoms with Crippen LogP contribution in [-0.4, -0.2) is 31.3 Å². The average molecular weight is 382 g/mol. The van der Waals surface area contributed by atoms with Gasteiger partial charge in [-0.25, -0.2) is 0 Å². The smallest absolute Gasteiger partial charge is 0.411 e. The molecule has 0 saturated carbocycles. The van der Waals surface area contributed by atoms with Crippen LogP contribution in [0.1, 0.15) is 50.4 Å². The lowest BCUT2D eigenvalue weighted by Gasteiger charge is -2.35. The molecule has 0 fully saturated rings. The second-order valence-electron chi connectivity index (χ2n) is 5.58. The summed E-state index contributed by atoms with van der Waals surface area (Å²) in [5.74, 6) is -0.421.